The van der Waals surface area contributed by atoms with E-state index < -0.39 is 7.22 Å². The molecular formula is C17H28O2SSi. The highest BCUT2D eigenvalue weighted by molar-refractivity contribution is 8.29. The van der Waals surface area contributed by atoms with Crippen LogP contribution in [0.15, 0.2) is 29.2 Å². The van der Waals surface area contributed by atoms with Gasteiger partial charge in [-0.3, -0.25) is 4.79 Å². The van der Waals surface area contributed by atoms with Crippen molar-refractivity contribution in [3.05, 3.63) is 24.3 Å². The van der Waals surface area contributed by atoms with Crippen LogP contribution in [-0.4, -0.2) is 13.2 Å². The summed E-state index contributed by atoms with van der Waals surface area (Å²) < 4.78 is 5.21. The summed E-state index contributed by atoms with van der Waals surface area (Å²) >= 11 is 2.08. The lowest BCUT2D eigenvalue weighted by atomic mass is 10.3. The van der Waals surface area contributed by atoms with Crippen molar-refractivity contribution in [3.8, 4) is 5.75 Å². The van der Waals surface area contributed by atoms with Crippen molar-refractivity contribution in [1.82, 2.24) is 0 Å². The fourth-order valence-electron chi connectivity index (χ4n) is 2.77. The molecule has 0 aromatic heterocycles. The predicted octanol–water partition coefficient (Wildman–Crippen LogP) is 5.88. The van der Waals surface area contributed by atoms with Gasteiger partial charge in [0, 0.05) is 11.8 Å². The molecule has 1 aromatic rings. The lowest BCUT2D eigenvalue weighted by Crippen LogP contribution is -2.33. The minimum atomic E-state index is -1.40. The maximum atomic E-state index is 11.1. The first-order valence-electron chi connectivity index (χ1n) is 7.91. The third-order valence-corrected chi connectivity index (χ3v) is 14.0. The van der Waals surface area contributed by atoms with Crippen LogP contribution in [0, 0.1) is 0 Å². The van der Waals surface area contributed by atoms with Crippen molar-refractivity contribution < 1.29 is 9.53 Å². The van der Waals surface area contributed by atoms with Gasteiger partial charge in [-0.2, -0.15) is 11.2 Å². The average molecular weight is 325 g/mol. The summed E-state index contributed by atoms with van der Waals surface area (Å²) in [5.41, 5.74) is 0.750. The molecule has 0 spiro atoms. The summed E-state index contributed by atoms with van der Waals surface area (Å²) in [6.07, 6.45) is 2.50. The second-order valence-corrected chi connectivity index (χ2v) is 13.9. The Morgan fingerprint density at radius 1 is 1.24 bits per heavy atom. The van der Waals surface area contributed by atoms with E-state index in [0.29, 0.717) is 5.75 Å². The summed E-state index contributed by atoms with van der Waals surface area (Å²) in [7, 11) is -1.40. The second-order valence-electron chi connectivity index (χ2n) is 5.89. The van der Waals surface area contributed by atoms with Gasteiger partial charge in [-0.25, -0.2) is 0 Å². The van der Waals surface area contributed by atoms with Gasteiger partial charge in [0.2, 0.25) is 0 Å². The van der Waals surface area contributed by atoms with Crippen LogP contribution in [-0.2, 0) is 4.79 Å². The topological polar surface area (TPSA) is 26.3 Å². The number of esters is 1. The third-order valence-electron chi connectivity index (χ3n) is 3.79. The van der Waals surface area contributed by atoms with Crippen LogP contribution in [0.2, 0.25) is 17.6 Å². The molecule has 0 aliphatic rings. The molecular weight excluding hydrogens is 296 g/mol. The van der Waals surface area contributed by atoms with Gasteiger partial charge in [0.05, 0.1) is 0 Å². The molecule has 1 rings (SSSR count). The van der Waals surface area contributed by atoms with E-state index in [1.165, 1.54) is 36.7 Å². The minimum absolute atomic E-state index is 0.258. The summed E-state index contributed by atoms with van der Waals surface area (Å²) in [5, 5.41) is 0. The van der Waals surface area contributed by atoms with Crippen molar-refractivity contribution in [1.29, 1.82) is 0 Å². The molecule has 0 aliphatic carbocycles. The lowest BCUT2D eigenvalue weighted by molar-refractivity contribution is -0.131. The summed E-state index contributed by atoms with van der Waals surface area (Å²) in [6, 6.07) is 10.7. The van der Waals surface area contributed by atoms with E-state index in [0.717, 1.165) is 5.54 Å². The Morgan fingerprint density at radius 2 is 1.86 bits per heavy atom. The predicted molar refractivity (Wildman–Crippen MR) is 94.7 cm³/mol. The highest BCUT2D eigenvalue weighted by atomic mass is 32.4. The molecule has 0 unspecified atom stereocenters. The third kappa shape index (κ3) is 5.51. The Hall–Kier alpha value is -0.743. The Kier molecular flexibility index (Phi) is 7.53. The molecule has 0 heterocycles. The van der Waals surface area contributed by atoms with Gasteiger partial charge in [-0.15, -0.1) is 0 Å². The van der Waals surface area contributed by atoms with Crippen molar-refractivity contribution in [3.63, 3.8) is 0 Å². The number of ether oxygens (including phenoxy) is 1. The van der Waals surface area contributed by atoms with Crippen molar-refractivity contribution in [2.24, 2.45) is 0 Å². The Labute approximate surface area is 134 Å². The number of hydrogen-bond donors (Lipinski definition) is 0. The van der Waals surface area contributed by atoms with E-state index in [-0.39, 0.29) is 5.97 Å². The van der Waals surface area contributed by atoms with E-state index in [9.17, 15) is 4.79 Å². The van der Waals surface area contributed by atoms with Gasteiger partial charge in [-0.05, 0) is 35.8 Å². The first-order chi connectivity index (χ1) is 9.93. The van der Waals surface area contributed by atoms with E-state index in [4.69, 9.17) is 4.74 Å². The van der Waals surface area contributed by atoms with Gasteiger partial charge in [0.25, 0.3) is 0 Å². The maximum absolute atomic E-state index is 11.1. The number of carbonyl (C=O) groups excluding carboxylic acids is 1. The van der Waals surface area contributed by atoms with Crippen LogP contribution in [0.4, 0.5) is 0 Å². The minimum Gasteiger partial charge on any atom is -0.427 e. The van der Waals surface area contributed by atoms with Crippen LogP contribution in [0.25, 0.3) is 0 Å². The second kappa shape index (κ2) is 8.64. The maximum Gasteiger partial charge on any atom is 0.308 e. The van der Waals surface area contributed by atoms with E-state index in [1.54, 1.807) is 0 Å². The standard InChI is InChI=1S/C17H28O2SSi/c1-6-11-21(12-7-2,14(3)4)20-17-10-8-9-16(13-17)19-15(5)18/h8-10,13-14H,6-7,11-12H2,1-5H3. The van der Waals surface area contributed by atoms with E-state index >= 15 is 0 Å². The van der Waals surface area contributed by atoms with Crippen molar-refractivity contribution >= 4 is 24.4 Å². The van der Waals surface area contributed by atoms with Crippen LogP contribution in [0.5, 0.6) is 5.75 Å². The Bertz CT molecular complexity index is 454. The molecule has 0 saturated heterocycles. The first-order valence-corrected chi connectivity index (χ1v) is 11.9. The zero-order valence-corrected chi connectivity index (χ0v) is 15.8. The molecule has 0 radical (unpaired) electrons. The smallest absolute Gasteiger partial charge is 0.308 e. The quantitative estimate of drug-likeness (QED) is 0.339. The van der Waals surface area contributed by atoms with Crippen molar-refractivity contribution in [2.45, 2.75) is 70.0 Å². The van der Waals surface area contributed by atoms with Gasteiger partial charge in [-0.1, -0.05) is 46.6 Å². The summed E-state index contributed by atoms with van der Waals surface area (Å²) in [5.74, 6) is 0.402. The highest BCUT2D eigenvalue weighted by Crippen LogP contribution is 2.45. The average Bonchev–Trinajstić information content (AvgIpc) is 2.38. The molecule has 4 heteroatoms. The fourth-order valence-corrected chi connectivity index (χ4v) is 11.4. The molecule has 0 fully saturated rings. The largest absolute Gasteiger partial charge is 0.427 e. The fraction of sp³-hybridized carbons (Fsp3) is 0.588. The monoisotopic (exact) mass is 324 g/mol. The number of carbonyl (C=O) groups is 1. The van der Waals surface area contributed by atoms with E-state index in [2.05, 4.69) is 45.0 Å². The van der Waals surface area contributed by atoms with Gasteiger partial charge < -0.3 is 4.74 Å². The van der Waals surface area contributed by atoms with Crippen LogP contribution in [0.3, 0.4) is 0 Å². The first kappa shape index (κ1) is 18.3. The van der Waals surface area contributed by atoms with Crippen LogP contribution >= 0.6 is 11.2 Å². The molecule has 0 amide bonds. The molecule has 0 saturated carbocycles. The zero-order valence-electron chi connectivity index (χ0n) is 13.9. The van der Waals surface area contributed by atoms with Crippen molar-refractivity contribution in [2.75, 3.05) is 0 Å². The molecule has 21 heavy (non-hydrogen) atoms. The lowest BCUT2D eigenvalue weighted by Gasteiger charge is -2.34. The zero-order chi connectivity index (χ0) is 15.9. The van der Waals surface area contributed by atoms with E-state index in [1.807, 2.05) is 18.2 Å². The number of hydrogen-bond acceptors (Lipinski definition) is 3. The molecule has 2 nitrogen and oxygen atoms in total. The molecule has 118 valence electrons. The Balaban J connectivity index is 2.99. The van der Waals surface area contributed by atoms with Crippen LogP contribution < -0.4 is 4.74 Å². The number of benzene rings is 1. The SMILES string of the molecule is CCC[Si](CCC)(Sc1cccc(OC(C)=O)c1)C(C)C. The molecule has 0 atom stereocenters. The summed E-state index contributed by atoms with van der Waals surface area (Å²) in [6.45, 7) is 10.8. The number of rotatable bonds is 8. The molecule has 0 N–H and O–H groups in total. The van der Waals surface area contributed by atoms with Gasteiger partial charge in [0.1, 0.15) is 13.0 Å². The molecule has 0 bridgehead atoms. The van der Waals surface area contributed by atoms with Gasteiger partial charge in [0.15, 0.2) is 0 Å². The Morgan fingerprint density at radius 3 is 2.33 bits per heavy atom. The van der Waals surface area contributed by atoms with Gasteiger partial charge >= 0.3 is 5.97 Å². The molecule has 0 aliphatic heterocycles. The normalized spacial score (nSPS) is 11.7. The van der Waals surface area contributed by atoms with Crippen LogP contribution in [0.1, 0.15) is 47.5 Å². The molecule has 1 aromatic carbocycles. The summed E-state index contributed by atoms with van der Waals surface area (Å²) in [4.78, 5) is 12.3. The highest BCUT2D eigenvalue weighted by Gasteiger charge is 2.36.